The van der Waals surface area contributed by atoms with Gasteiger partial charge in [-0.3, -0.25) is 4.79 Å². The number of amides is 1. The summed E-state index contributed by atoms with van der Waals surface area (Å²) in [5, 5.41) is 3.54. The lowest BCUT2D eigenvalue weighted by Gasteiger charge is -2.05. The van der Waals surface area contributed by atoms with E-state index in [4.69, 9.17) is 9.26 Å². The van der Waals surface area contributed by atoms with Crippen LogP contribution >= 0.6 is 0 Å². The molecule has 7 nitrogen and oxygen atoms in total. The Morgan fingerprint density at radius 3 is 2.61 bits per heavy atom. The van der Waals surface area contributed by atoms with Gasteiger partial charge in [-0.15, -0.1) is 0 Å². The van der Waals surface area contributed by atoms with Gasteiger partial charge in [0.25, 0.3) is 10.0 Å². The third-order valence-corrected chi connectivity index (χ3v) is 3.85. The molecule has 1 N–H and O–H groups in total. The Labute approximate surface area is 106 Å². The Bertz CT molecular complexity index is 501. The maximum Gasteiger partial charge on any atom is 0.269 e. The molecule has 1 aromatic rings. The second-order valence-corrected chi connectivity index (χ2v) is 5.40. The van der Waals surface area contributed by atoms with Gasteiger partial charge in [-0.2, -0.15) is 0 Å². The van der Waals surface area contributed by atoms with Gasteiger partial charge in [-0.1, -0.05) is 5.16 Å². The van der Waals surface area contributed by atoms with Gasteiger partial charge >= 0.3 is 0 Å². The molecule has 0 aliphatic rings. The number of rotatable bonds is 6. The average Bonchev–Trinajstić information content (AvgIpc) is 2.58. The molecule has 0 atom stereocenters. The third-order valence-electron chi connectivity index (χ3n) is 2.24. The van der Waals surface area contributed by atoms with E-state index in [1.165, 1.54) is 21.0 Å². The smallest absolute Gasteiger partial charge is 0.269 e. The van der Waals surface area contributed by atoms with E-state index in [1.54, 1.807) is 0 Å². The van der Waals surface area contributed by atoms with Crippen LogP contribution in [0.15, 0.2) is 9.42 Å². The minimum Gasteiger partial charge on any atom is -0.385 e. The molecule has 1 amide bonds. The van der Waals surface area contributed by atoms with Crippen molar-refractivity contribution < 1.29 is 22.5 Å². The lowest BCUT2D eigenvalue weighted by Crippen LogP contribution is -2.31. The van der Waals surface area contributed by atoms with Crippen LogP contribution in [-0.4, -0.2) is 33.2 Å². The van der Waals surface area contributed by atoms with E-state index >= 15 is 0 Å². The molecule has 0 bridgehead atoms. The Kier molecular flexibility index (Phi) is 4.85. The molecule has 0 radical (unpaired) electrons. The number of ether oxygens (including phenoxy) is 1. The Morgan fingerprint density at radius 1 is 1.44 bits per heavy atom. The number of aromatic nitrogens is 1. The van der Waals surface area contributed by atoms with Crippen LogP contribution < -0.4 is 4.72 Å². The molecule has 0 fully saturated rings. The monoisotopic (exact) mass is 276 g/mol. The highest BCUT2D eigenvalue weighted by molar-refractivity contribution is 7.90. The molecule has 1 aromatic heterocycles. The van der Waals surface area contributed by atoms with Gasteiger partial charge in [0.2, 0.25) is 5.91 Å². The normalized spacial score (nSPS) is 11.5. The highest BCUT2D eigenvalue weighted by Gasteiger charge is 2.25. The molecule has 0 aliphatic carbocycles. The Hall–Kier alpha value is -1.41. The summed E-state index contributed by atoms with van der Waals surface area (Å²) in [7, 11) is -2.40. The predicted octanol–water partition coefficient (Wildman–Crippen LogP) is 0.523. The predicted molar refractivity (Wildman–Crippen MR) is 62.4 cm³/mol. The average molecular weight is 276 g/mol. The summed E-state index contributed by atoms with van der Waals surface area (Å²) in [6, 6.07) is 0. The molecule has 0 spiro atoms. The quantitative estimate of drug-likeness (QED) is 0.761. The van der Waals surface area contributed by atoms with E-state index < -0.39 is 15.9 Å². The number of nitrogens with one attached hydrogen (secondary N) is 1. The van der Waals surface area contributed by atoms with Gasteiger partial charge in [-0.05, 0) is 20.3 Å². The van der Waals surface area contributed by atoms with Gasteiger partial charge in [-0.25, -0.2) is 13.1 Å². The van der Waals surface area contributed by atoms with Gasteiger partial charge in [0.05, 0.1) is 0 Å². The zero-order chi connectivity index (χ0) is 13.8. The van der Waals surface area contributed by atoms with E-state index in [2.05, 4.69) is 5.16 Å². The van der Waals surface area contributed by atoms with E-state index in [-0.39, 0.29) is 22.8 Å². The number of hydrogen-bond acceptors (Lipinski definition) is 6. The van der Waals surface area contributed by atoms with E-state index in [0.29, 0.717) is 13.0 Å². The van der Waals surface area contributed by atoms with Gasteiger partial charge in [0, 0.05) is 20.1 Å². The number of sulfonamides is 1. The Balaban J connectivity index is 2.74. The second kappa shape index (κ2) is 5.96. The number of carbonyl (C=O) groups excluding carboxylic acids is 1. The van der Waals surface area contributed by atoms with Gasteiger partial charge in [0.15, 0.2) is 10.7 Å². The van der Waals surface area contributed by atoms with Crippen LogP contribution in [0.3, 0.4) is 0 Å². The minimum absolute atomic E-state index is 0.0798. The topological polar surface area (TPSA) is 98.5 Å². The van der Waals surface area contributed by atoms with Crippen molar-refractivity contribution in [1.82, 2.24) is 9.88 Å². The summed E-state index contributed by atoms with van der Waals surface area (Å²) in [5.41, 5.74) is 0.227. The molecule has 1 rings (SSSR count). The van der Waals surface area contributed by atoms with Crippen molar-refractivity contribution in [2.75, 3.05) is 13.7 Å². The molecule has 0 unspecified atom stereocenters. The fourth-order valence-electron chi connectivity index (χ4n) is 1.49. The highest BCUT2D eigenvalue weighted by Crippen LogP contribution is 2.18. The van der Waals surface area contributed by atoms with Crippen LogP contribution in [0.25, 0.3) is 0 Å². The van der Waals surface area contributed by atoms with Crippen LogP contribution in [0, 0.1) is 13.8 Å². The van der Waals surface area contributed by atoms with Gasteiger partial charge < -0.3 is 9.26 Å². The molecular weight excluding hydrogens is 260 g/mol. The number of nitrogens with zero attached hydrogens (tertiary/aromatic N) is 1. The first-order chi connectivity index (χ1) is 8.38. The van der Waals surface area contributed by atoms with Crippen LogP contribution in [0.2, 0.25) is 0 Å². The summed E-state index contributed by atoms with van der Waals surface area (Å²) in [5.74, 6) is -0.420. The summed E-state index contributed by atoms with van der Waals surface area (Å²) in [4.78, 5) is 11.4. The molecule has 0 saturated heterocycles. The first-order valence-corrected chi connectivity index (χ1v) is 6.84. The van der Waals surface area contributed by atoms with Crippen molar-refractivity contribution in [3.8, 4) is 0 Å². The molecule has 8 heteroatoms. The van der Waals surface area contributed by atoms with Crippen LogP contribution in [0.4, 0.5) is 0 Å². The zero-order valence-electron chi connectivity index (χ0n) is 10.5. The largest absolute Gasteiger partial charge is 0.385 e. The summed E-state index contributed by atoms with van der Waals surface area (Å²) in [6.07, 6.45) is 0.538. The lowest BCUT2D eigenvalue weighted by molar-refractivity contribution is -0.119. The fourth-order valence-corrected chi connectivity index (χ4v) is 2.83. The molecule has 0 aromatic carbocycles. The summed E-state index contributed by atoms with van der Waals surface area (Å²) < 4.78 is 35.3. The first kappa shape index (κ1) is 14.7. The van der Waals surface area contributed by atoms with Crippen molar-refractivity contribution in [1.29, 1.82) is 0 Å². The van der Waals surface area contributed by atoms with Crippen LogP contribution in [0.1, 0.15) is 24.3 Å². The molecule has 0 aliphatic heterocycles. The fraction of sp³-hybridized carbons (Fsp3) is 0.600. The standard InChI is InChI=1S/C10H16N2O5S/c1-7-10(8(2)17-11-7)18(14,15)12-9(13)5-4-6-16-3/h4-6H2,1-3H3,(H,12,13). The van der Waals surface area contributed by atoms with Crippen molar-refractivity contribution in [3.05, 3.63) is 11.5 Å². The molecule has 18 heavy (non-hydrogen) atoms. The number of aryl methyl sites for hydroxylation is 2. The molecular formula is C10H16N2O5S. The first-order valence-electron chi connectivity index (χ1n) is 5.36. The van der Waals surface area contributed by atoms with E-state index in [0.717, 1.165) is 0 Å². The number of hydrogen-bond donors (Lipinski definition) is 1. The Morgan fingerprint density at radius 2 is 2.11 bits per heavy atom. The number of methoxy groups -OCH3 is 1. The van der Waals surface area contributed by atoms with Gasteiger partial charge in [0.1, 0.15) is 5.69 Å². The molecule has 102 valence electrons. The summed E-state index contributed by atoms with van der Waals surface area (Å²) >= 11 is 0. The van der Waals surface area contributed by atoms with E-state index in [9.17, 15) is 13.2 Å². The molecule has 0 saturated carbocycles. The maximum atomic E-state index is 11.9. The van der Waals surface area contributed by atoms with E-state index in [1.807, 2.05) is 4.72 Å². The van der Waals surface area contributed by atoms with Crippen LogP contribution in [0.5, 0.6) is 0 Å². The minimum atomic E-state index is -3.91. The third kappa shape index (κ3) is 3.54. The zero-order valence-corrected chi connectivity index (χ0v) is 11.3. The van der Waals surface area contributed by atoms with Crippen LogP contribution in [-0.2, 0) is 19.6 Å². The highest BCUT2D eigenvalue weighted by atomic mass is 32.2. The molecule has 1 heterocycles. The van der Waals surface area contributed by atoms with Crippen molar-refractivity contribution in [3.63, 3.8) is 0 Å². The second-order valence-electron chi connectivity index (χ2n) is 3.78. The van der Waals surface area contributed by atoms with Crippen molar-refractivity contribution >= 4 is 15.9 Å². The maximum absolute atomic E-state index is 11.9. The summed E-state index contributed by atoms with van der Waals surface area (Å²) in [6.45, 7) is 3.38. The lowest BCUT2D eigenvalue weighted by atomic mass is 10.3. The van der Waals surface area contributed by atoms with Crippen molar-refractivity contribution in [2.24, 2.45) is 0 Å². The SMILES string of the molecule is COCCCC(=O)NS(=O)(=O)c1c(C)noc1C. The number of carbonyl (C=O) groups is 1. The van der Waals surface area contributed by atoms with Crippen molar-refractivity contribution in [2.45, 2.75) is 31.6 Å².